The van der Waals surface area contributed by atoms with Crippen molar-refractivity contribution in [3.63, 3.8) is 0 Å². The fourth-order valence-electron chi connectivity index (χ4n) is 1.90. The maximum atomic E-state index is 12.0. The van der Waals surface area contributed by atoms with Crippen LogP contribution in [0.1, 0.15) is 37.0 Å². The first-order chi connectivity index (χ1) is 10.3. The van der Waals surface area contributed by atoms with Crippen molar-refractivity contribution in [3.8, 4) is 0 Å². The van der Waals surface area contributed by atoms with E-state index < -0.39 is 11.6 Å². The Morgan fingerprint density at radius 3 is 2.41 bits per heavy atom. The van der Waals surface area contributed by atoms with Gasteiger partial charge in [0.2, 0.25) is 0 Å². The van der Waals surface area contributed by atoms with E-state index >= 15 is 0 Å². The van der Waals surface area contributed by atoms with Gasteiger partial charge in [0.15, 0.2) is 5.82 Å². The Balaban J connectivity index is 2.01. The van der Waals surface area contributed by atoms with Gasteiger partial charge in [0.05, 0.1) is 19.2 Å². The number of ether oxygens (including phenoxy) is 2. The van der Waals surface area contributed by atoms with Crippen molar-refractivity contribution in [1.29, 1.82) is 0 Å². The van der Waals surface area contributed by atoms with Gasteiger partial charge < -0.3 is 14.4 Å². The average Bonchev–Trinajstić information content (AvgIpc) is 2.95. The Morgan fingerprint density at radius 1 is 1.23 bits per heavy atom. The van der Waals surface area contributed by atoms with Crippen molar-refractivity contribution in [2.75, 3.05) is 20.2 Å². The predicted molar refractivity (Wildman–Crippen MR) is 79.2 cm³/mol. The zero-order chi connectivity index (χ0) is 16.3. The van der Waals surface area contributed by atoms with Gasteiger partial charge in [-0.2, -0.15) is 0 Å². The second-order valence-electron chi connectivity index (χ2n) is 5.88. The van der Waals surface area contributed by atoms with Crippen molar-refractivity contribution >= 4 is 17.6 Å². The summed E-state index contributed by atoms with van der Waals surface area (Å²) in [6, 6.07) is 0. The molecule has 0 spiro atoms. The van der Waals surface area contributed by atoms with Crippen molar-refractivity contribution in [2.45, 2.75) is 26.4 Å². The van der Waals surface area contributed by atoms with Gasteiger partial charge in [-0.3, -0.25) is 0 Å². The van der Waals surface area contributed by atoms with E-state index in [4.69, 9.17) is 4.74 Å². The maximum Gasteiger partial charge on any atom is 0.410 e. The lowest BCUT2D eigenvalue weighted by atomic mass is 10.2. The molecule has 1 aliphatic heterocycles. The summed E-state index contributed by atoms with van der Waals surface area (Å²) in [4.78, 5) is 33.2. The van der Waals surface area contributed by atoms with E-state index in [2.05, 4.69) is 14.7 Å². The molecule has 1 amide bonds. The molecule has 1 aliphatic rings. The van der Waals surface area contributed by atoms with Gasteiger partial charge in [-0.1, -0.05) is 6.08 Å². The molecule has 22 heavy (non-hydrogen) atoms. The van der Waals surface area contributed by atoms with Gasteiger partial charge in [-0.25, -0.2) is 19.6 Å². The van der Waals surface area contributed by atoms with Gasteiger partial charge in [0.25, 0.3) is 0 Å². The van der Waals surface area contributed by atoms with E-state index in [1.54, 1.807) is 4.90 Å². The average molecular weight is 305 g/mol. The van der Waals surface area contributed by atoms with Gasteiger partial charge in [-0.15, -0.1) is 0 Å². The first-order valence-corrected chi connectivity index (χ1v) is 6.88. The fourth-order valence-corrected chi connectivity index (χ4v) is 1.90. The topological polar surface area (TPSA) is 81.6 Å². The van der Waals surface area contributed by atoms with Crippen LogP contribution in [0.2, 0.25) is 0 Å². The molecule has 1 aromatic rings. The van der Waals surface area contributed by atoms with Crippen LogP contribution < -0.4 is 0 Å². The maximum absolute atomic E-state index is 12.0. The summed E-state index contributed by atoms with van der Waals surface area (Å²) >= 11 is 0. The molecule has 2 heterocycles. The lowest BCUT2D eigenvalue weighted by molar-refractivity contribution is 0.0306. The van der Waals surface area contributed by atoms with Crippen LogP contribution in [-0.2, 0) is 9.47 Å². The summed E-state index contributed by atoms with van der Waals surface area (Å²) < 4.78 is 9.92. The zero-order valence-corrected chi connectivity index (χ0v) is 13.1. The molecule has 118 valence electrons. The fraction of sp³-hybridized carbons (Fsp3) is 0.467. The molecule has 7 heteroatoms. The molecule has 0 unspecified atom stereocenters. The molecule has 0 atom stereocenters. The summed E-state index contributed by atoms with van der Waals surface area (Å²) in [5.41, 5.74) is 0.578. The molecular weight excluding hydrogens is 286 g/mol. The number of carbonyl (C=O) groups is 2. The number of carbonyl (C=O) groups excluding carboxylic acids is 2. The summed E-state index contributed by atoms with van der Waals surface area (Å²) in [5, 5.41) is 0. The molecule has 7 nitrogen and oxygen atoms in total. The Bertz CT molecular complexity index is 602. The summed E-state index contributed by atoms with van der Waals surface area (Å²) in [7, 11) is 1.30. The number of methoxy groups -OCH3 is 1. The lowest BCUT2D eigenvalue weighted by Crippen LogP contribution is -2.35. The van der Waals surface area contributed by atoms with Gasteiger partial charge in [0.1, 0.15) is 5.60 Å². The van der Waals surface area contributed by atoms with Crippen LogP contribution in [0, 0.1) is 0 Å². The first-order valence-electron chi connectivity index (χ1n) is 6.88. The number of nitrogens with zero attached hydrogens (tertiary/aromatic N) is 3. The molecule has 0 N–H and O–H groups in total. The molecule has 2 rings (SSSR count). The third-order valence-corrected chi connectivity index (χ3v) is 2.93. The van der Waals surface area contributed by atoms with Crippen LogP contribution in [0.3, 0.4) is 0 Å². The highest BCUT2D eigenvalue weighted by molar-refractivity contribution is 5.88. The van der Waals surface area contributed by atoms with E-state index in [0.717, 1.165) is 5.57 Å². The highest BCUT2D eigenvalue weighted by atomic mass is 16.6. The number of amides is 1. The number of hydrogen-bond donors (Lipinski definition) is 0. The molecular formula is C15H19N3O4. The largest absolute Gasteiger partial charge is 0.465 e. The third-order valence-electron chi connectivity index (χ3n) is 2.93. The Labute approximate surface area is 128 Å². The number of aromatic nitrogens is 2. The minimum absolute atomic E-state index is 0.286. The SMILES string of the molecule is COC(=O)c1cnc(C2=CCN(C(=O)OC(C)(C)C)C2)nc1. The molecule has 0 aromatic carbocycles. The van der Waals surface area contributed by atoms with Crippen LogP contribution in [0.25, 0.3) is 5.57 Å². The monoisotopic (exact) mass is 305 g/mol. The second-order valence-corrected chi connectivity index (χ2v) is 5.88. The van der Waals surface area contributed by atoms with Gasteiger partial charge in [-0.05, 0) is 20.8 Å². The standard InChI is InChI=1S/C15H19N3O4/c1-15(2,3)22-14(20)18-6-5-10(9-18)12-16-7-11(8-17-12)13(19)21-4/h5,7-8H,6,9H2,1-4H3. The van der Waals surface area contributed by atoms with Crippen LogP contribution >= 0.6 is 0 Å². The van der Waals surface area contributed by atoms with Crippen LogP contribution in [0.5, 0.6) is 0 Å². The van der Waals surface area contributed by atoms with Gasteiger partial charge in [0, 0.05) is 24.5 Å². The highest BCUT2D eigenvalue weighted by Gasteiger charge is 2.26. The van der Waals surface area contributed by atoms with Crippen LogP contribution in [0.15, 0.2) is 18.5 Å². The smallest absolute Gasteiger partial charge is 0.410 e. The minimum atomic E-state index is -0.529. The van der Waals surface area contributed by atoms with Crippen molar-refractivity contribution in [1.82, 2.24) is 14.9 Å². The Hall–Kier alpha value is -2.44. The van der Waals surface area contributed by atoms with E-state index in [9.17, 15) is 9.59 Å². The number of rotatable bonds is 2. The third kappa shape index (κ3) is 3.81. The number of esters is 1. The van der Waals surface area contributed by atoms with Gasteiger partial charge >= 0.3 is 12.1 Å². The molecule has 0 fully saturated rings. The Morgan fingerprint density at radius 2 is 1.86 bits per heavy atom. The molecule has 0 aliphatic carbocycles. The molecule has 0 saturated carbocycles. The predicted octanol–water partition coefficient (Wildman–Crippen LogP) is 1.90. The first kappa shape index (κ1) is 15.9. The summed E-state index contributed by atoms with van der Waals surface area (Å²) in [5.74, 6) is 0.000967. The van der Waals surface area contributed by atoms with Crippen molar-refractivity contribution in [2.24, 2.45) is 0 Å². The quantitative estimate of drug-likeness (QED) is 0.776. The van der Waals surface area contributed by atoms with Crippen molar-refractivity contribution < 1.29 is 19.1 Å². The molecule has 0 saturated heterocycles. The van der Waals surface area contributed by atoms with E-state index in [0.29, 0.717) is 18.9 Å². The minimum Gasteiger partial charge on any atom is -0.465 e. The summed E-state index contributed by atoms with van der Waals surface area (Å²) in [6.45, 7) is 6.30. The number of hydrogen-bond acceptors (Lipinski definition) is 6. The highest BCUT2D eigenvalue weighted by Crippen LogP contribution is 2.20. The molecule has 1 aromatic heterocycles. The van der Waals surface area contributed by atoms with Crippen molar-refractivity contribution in [3.05, 3.63) is 29.9 Å². The Kier molecular flexibility index (Phi) is 4.44. The van der Waals surface area contributed by atoms with Crippen LogP contribution in [-0.4, -0.2) is 52.7 Å². The lowest BCUT2D eigenvalue weighted by Gasteiger charge is -2.24. The molecule has 0 bridgehead atoms. The van der Waals surface area contributed by atoms with E-state index in [-0.39, 0.29) is 11.7 Å². The second kappa shape index (κ2) is 6.13. The van der Waals surface area contributed by atoms with E-state index in [1.807, 2.05) is 26.8 Å². The molecule has 0 radical (unpaired) electrons. The summed E-state index contributed by atoms with van der Waals surface area (Å²) in [6.07, 6.45) is 4.32. The van der Waals surface area contributed by atoms with Crippen LogP contribution in [0.4, 0.5) is 4.79 Å². The van der Waals surface area contributed by atoms with E-state index in [1.165, 1.54) is 19.5 Å². The zero-order valence-electron chi connectivity index (χ0n) is 13.1. The normalized spacial score (nSPS) is 14.5.